The molecular formula is C18H22N2S2. The van der Waals surface area contributed by atoms with Crippen LogP contribution in [0, 0.1) is 0 Å². The van der Waals surface area contributed by atoms with Crippen molar-refractivity contribution >= 4 is 32.9 Å². The predicted molar refractivity (Wildman–Crippen MR) is 98.9 cm³/mol. The summed E-state index contributed by atoms with van der Waals surface area (Å²) in [7, 11) is 2.20. The molecule has 0 aliphatic heterocycles. The Labute approximate surface area is 140 Å². The summed E-state index contributed by atoms with van der Waals surface area (Å²) in [6, 6.07) is 8.96. The summed E-state index contributed by atoms with van der Waals surface area (Å²) in [6.45, 7) is 7.76. The molecule has 0 saturated heterocycles. The molecule has 116 valence electrons. The molecule has 0 bridgehead atoms. The van der Waals surface area contributed by atoms with Gasteiger partial charge in [-0.2, -0.15) is 0 Å². The zero-order valence-electron chi connectivity index (χ0n) is 13.6. The largest absolute Gasteiger partial charge is 0.299 e. The van der Waals surface area contributed by atoms with Crippen molar-refractivity contribution in [2.75, 3.05) is 7.05 Å². The fraction of sp³-hybridized carbons (Fsp3) is 0.389. The maximum atomic E-state index is 4.83. The lowest BCUT2D eigenvalue weighted by Crippen LogP contribution is -2.25. The molecule has 4 heteroatoms. The highest BCUT2D eigenvalue weighted by molar-refractivity contribution is 7.22. The lowest BCUT2D eigenvalue weighted by Gasteiger charge is -2.20. The molecule has 0 aliphatic rings. The van der Waals surface area contributed by atoms with Gasteiger partial charge in [0, 0.05) is 28.4 Å². The Kier molecular flexibility index (Phi) is 4.62. The van der Waals surface area contributed by atoms with Crippen LogP contribution in [0.5, 0.6) is 0 Å². The molecular weight excluding hydrogens is 308 g/mol. The second kappa shape index (κ2) is 6.49. The maximum absolute atomic E-state index is 4.83. The van der Waals surface area contributed by atoms with Gasteiger partial charge in [0.25, 0.3) is 0 Å². The second-order valence-corrected chi connectivity index (χ2v) is 7.90. The third-order valence-electron chi connectivity index (χ3n) is 4.13. The van der Waals surface area contributed by atoms with E-state index in [-0.39, 0.29) is 0 Å². The lowest BCUT2D eigenvalue weighted by molar-refractivity contribution is 0.267. The van der Waals surface area contributed by atoms with Crippen molar-refractivity contribution in [3.05, 3.63) is 40.1 Å². The van der Waals surface area contributed by atoms with Crippen molar-refractivity contribution in [3.63, 3.8) is 0 Å². The molecule has 0 amide bonds. The van der Waals surface area contributed by atoms with Gasteiger partial charge in [-0.1, -0.05) is 19.1 Å². The van der Waals surface area contributed by atoms with Gasteiger partial charge in [-0.3, -0.25) is 4.90 Å². The molecule has 0 fully saturated rings. The summed E-state index contributed by atoms with van der Waals surface area (Å²) >= 11 is 3.68. The second-order valence-electron chi connectivity index (χ2n) is 5.90. The van der Waals surface area contributed by atoms with Crippen LogP contribution < -0.4 is 0 Å². The fourth-order valence-electron chi connectivity index (χ4n) is 2.52. The number of hydrogen-bond donors (Lipinski definition) is 0. The monoisotopic (exact) mass is 330 g/mol. The van der Waals surface area contributed by atoms with Gasteiger partial charge >= 0.3 is 0 Å². The van der Waals surface area contributed by atoms with E-state index in [0.717, 1.165) is 23.5 Å². The zero-order valence-corrected chi connectivity index (χ0v) is 15.2. The van der Waals surface area contributed by atoms with E-state index in [0.29, 0.717) is 6.04 Å². The summed E-state index contributed by atoms with van der Waals surface area (Å²) in [5.41, 5.74) is 3.91. The van der Waals surface area contributed by atoms with Crippen LogP contribution in [0.15, 0.2) is 29.6 Å². The molecule has 0 spiro atoms. The van der Waals surface area contributed by atoms with Gasteiger partial charge in [-0.25, -0.2) is 4.98 Å². The molecule has 3 aromatic rings. The first-order valence-electron chi connectivity index (χ1n) is 7.75. The van der Waals surface area contributed by atoms with Gasteiger partial charge in [0.1, 0.15) is 5.01 Å². The van der Waals surface area contributed by atoms with Gasteiger partial charge in [0.2, 0.25) is 0 Å². The number of rotatable bonds is 5. The first-order chi connectivity index (χ1) is 10.6. The number of thiazole rings is 1. The van der Waals surface area contributed by atoms with Crippen LogP contribution in [-0.4, -0.2) is 23.0 Å². The number of hydrogen-bond acceptors (Lipinski definition) is 4. The van der Waals surface area contributed by atoms with E-state index in [1.54, 1.807) is 11.3 Å². The van der Waals surface area contributed by atoms with Crippen LogP contribution in [0.25, 0.3) is 20.8 Å². The standard InChI is InChI=1S/C18H22N2S2/c1-5-13-14(11-21-17(13)10-20(4)12(2)3)18-19-15-8-6-7-9-16(15)22-18/h6-9,11-12H,5,10H2,1-4H3. The van der Waals surface area contributed by atoms with Crippen LogP contribution in [0.4, 0.5) is 0 Å². The third-order valence-corrected chi connectivity index (χ3v) is 6.22. The van der Waals surface area contributed by atoms with Crippen LogP contribution >= 0.6 is 22.7 Å². The number of nitrogens with zero attached hydrogens (tertiary/aromatic N) is 2. The van der Waals surface area contributed by atoms with Crippen LogP contribution in [0.1, 0.15) is 31.2 Å². The fourth-order valence-corrected chi connectivity index (χ4v) is 4.79. The van der Waals surface area contributed by atoms with E-state index in [1.165, 1.54) is 20.7 Å². The minimum atomic E-state index is 0.567. The summed E-state index contributed by atoms with van der Waals surface area (Å²) in [6.07, 6.45) is 1.07. The van der Waals surface area contributed by atoms with E-state index in [4.69, 9.17) is 4.98 Å². The van der Waals surface area contributed by atoms with Crippen molar-refractivity contribution in [2.45, 2.75) is 39.8 Å². The smallest absolute Gasteiger partial charge is 0.125 e. The molecule has 0 atom stereocenters. The first-order valence-corrected chi connectivity index (χ1v) is 9.45. The van der Waals surface area contributed by atoms with Gasteiger partial charge < -0.3 is 0 Å². The van der Waals surface area contributed by atoms with E-state index in [1.807, 2.05) is 11.3 Å². The minimum Gasteiger partial charge on any atom is -0.299 e. The van der Waals surface area contributed by atoms with Crippen LogP contribution in [0.3, 0.4) is 0 Å². The van der Waals surface area contributed by atoms with Gasteiger partial charge in [0.15, 0.2) is 0 Å². The highest BCUT2D eigenvalue weighted by Crippen LogP contribution is 2.37. The van der Waals surface area contributed by atoms with E-state index < -0.39 is 0 Å². The summed E-state index contributed by atoms with van der Waals surface area (Å²) in [5, 5.41) is 3.45. The Balaban J connectivity index is 1.98. The molecule has 2 aromatic heterocycles. The highest BCUT2D eigenvalue weighted by atomic mass is 32.1. The van der Waals surface area contributed by atoms with Crippen molar-refractivity contribution in [1.29, 1.82) is 0 Å². The number of benzene rings is 1. The molecule has 22 heavy (non-hydrogen) atoms. The maximum Gasteiger partial charge on any atom is 0.125 e. The zero-order chi connectivity index (χ0) is 15.7. The normalized spacial score (nSPS) is 11.9. The van der Waals surface area contributed by atoms with Crippen molar-refractivity contribution < 1.29 is 0 Å². The first kappa shape index (κ1) is 15.7. The molecule has 3 rings (SSSR count). The van der Waals surface area contributed by atoms with Crippen molar-refractivity contribution in [3.8, 4) is 10.6 Å². The van der Waals surface area contributed by atoms with E-state index in [9.17, 15) is 0 Å². The number of thiophene rings is 1. The van der Waals surface area contributed by atoms with Crippen molar-refractivity contribution in [1.82, 2.24) is 9.88 Å². The molecule has 0 radical (unpaired) electrons. The summed E-state index contributed by atoms with van der Waals surface area (Å²) in [4.78, 5) is 8.71. The average molecular weight is 331 g/mol. The third kappa shape index (κ3) is 2.96. The molecule has 2 nitrogen and oxygen atoms in total. The quantitative estimate of drug-likeness (QED) is 0.620. The average Bonchev–Trinajstić information content (AvgIpc) is 3.09. The topological polar surface area (TPSA) is 16.1 Å². The molecule has 0 unspecified atom stereocenters. The van der Waals surface area contributed by atoms with E-state index in [2.05, 4.69) is 62.4 Å². The molecule has 0 N–H and O–H groups in total. The van der Waals surface area contributed by atoms with E-state index >= 15 is 0 Å². The summed E-state index contributed by atoms with van der Waals surface area (Å²) in [5.74, 6) is 0. The number of aromatic nitrogens is 1. The Bertz CT molecular complexity index is 737. The molecule has 2 heterocycles. The van der Waals surface area contributed by atoms with Crippen molar-refractivity contribution in [2.24, 2.45) is 0 Å². The lowest BCUT2D eigenvalue weighted by atomic mass is 10.1. The Hall–Kier alpha value is -1.23. The van der Waals surface area contributed by atoms with Gasteiger partial charge in [-0.05, 0) is 45.0 Å². The van der Waals surface area contributed by atoms with Gasteiger partial charge in [0.05, 0.1) is 10.2 Å². The predicted octanol–water partition coefficient (Wildman–Crippen LogP) is 5.43. The summed E-state index contributed by atoms with van der Waals surface area (Å²) < 4.78 is 1.27. The highest BCUT2D eigenvalue weighted by Gasteiger charge is 2.17. The van der Waals surface area contributed by atoms with Crippen LogP contribution in [0.2, 0.25) is 0 Å². The Morgan fingerprint density at radius 2 is 2.00 bits per heavy atom. The minimum absolute atomic E-state index is 0.567. The Morgan fingerprint density at radius 3 is 2.68 bits per heavy atom. The number of para-hydroxylation sites is 1. The molecule has 1 aromatic carbocycles. The Morgan fingerprint density at radius 1 is 1.23 bits per heavy atom. The molecule has 0 aliphatic carbocycles. The SMILES string of the molecule is CCc1c(-c2nc3ccccc3s2)csc1CN(C)C(C)C. The molecule has 0 saturated carbocycles. The van der Waals surface area contributed by atoms with Gasteiger partial charge in [-0.15, -0.1) is 22.7 Å². The van der Waals surface area contributed by atoms with Crippen LogP contribution in [-0.2, 0) is 13.0 Å². The number of fused-ring (bicyclic) bond motifs is 1.